The van der Waals surface area contributed by atoms with Gasteiger partial charge in [-0.2, -0.15) is 12.6 Å². The van der Waals surface area contributed by atoms with E-state index in [4.69, 9.17) is 0 Å². The minimum absolute atomic E-state index is 0.193. The summed E-state index contributed by atoms with van der Waals surface area (Å²) in [6.07, 6.45) is 8.19. The molecule has 0 amide bonds. The largest absolute Gasteiger partial charge is 0.169 e. The SMILES string of the molecule is CC1(S)C=CCCC1. The summed E-state index contributed by atoms with van der Waals surface area (Å²) in [5, 5.41) is 0. The van der Waals surface area contributed by atoms with Gasteiger partial charge in [-0.15, -0.1) is 0 Å². The zero-order valence-corrected chi connectivity index (χ0v) is 6.12. The van der Waals surface area contributed by atoms with Crippen LogP contribution in [0.1, 0.15) is 26.2 Å². The normalized spacial score (nSPS) is 37.8. The molecule has 0 aromatic heterocycles. The Morgan fingerprint density at radius 3 is 2.62 bits per heavy atom. The quantitative estimate of drug-likeness (QED) is 0.376. The first-order valence-electron chi connectivity index (χ1n) is 3.11. The first-order chi connectivity index (χ1) is 3.71. The van der Waals surface area contributed by atoms with Crippen molar-refractivity contribution >= 4 is 12.6 Å². The van der Waals surface area contributed by atoms with E-state index in [0.29, 0.717) is 0 Å². The van der Waals surface area contributed by atoms with Gasteiger partial charge in [-0.25, -0.2) is 0 Å². The molecule has 0 aromatic rings. The molecule has 0 N–H and O–H groups in total. The van der Waals surface area contributed by atoms with Gasteiger partial charge in [0.2, 0.25) is 0 Å². The second-order valence-electron chi connectivity index (χ2n) is 2.65. The number of hydrogen-bond acceptors (Lipinski definition) is 1. The molecule has 0 saturated heterocycles. The lowest BCUT2D eigenvalue weighted by molar-refractivity contribution is 0.629. The summed E-state index contributed by atoms with van der Waals surface area (Å²) in [6.45, 7) is 2.16. The summed E-state index contributed by atoms with van der Waals surface area (Å²) in [7, 11) is 0. The first-order valence-corrected chi connectivity index (χ1v) is 3.55. The van der Waals surface area contributed by atoms with E-state index in [9.17, 15) is 0 Å². The number of rotatable bonds is 0. The molecular weight excluding hydrogens is 116 g/mol. The highest BCUT2D eigenvalue weighted by Gasteiger charge is 2.15. The maximum Gasteiger partial charge on any atom is 0.0280 e. The van der Waals surface area contributed by atoms with Crippen LogP contribution in [0.15, 0.2) is 12.2 Å². The molecule has 0 aliphatic heterocycles. The summed E-state index contributed by atoms with van der Waals surface area (Å²) in [5.74, 6) is 0. The fourth-order valence-corrected chi connectivity index (χ4v) is 1.26. The van der Waals surface area contributed by atoms with Crippen LogP contribution in [0.3, 0.4) is 0 Å². The van der Waals surface area contributed by atoms with E-state index in [0.717, 1.165) is 0 Å². The van der Waals surface area contributed by atoms with Crippen LogP contribution in [-0.2, 0) is 0 Å². The van der Waals surface area contributed by atoms with Gasteiger partial charge in [-0.1, -0.05) is 12.2 Å². The Labute approximate surface area is 56.4 Å². The zero-order chi connectivity index (χ0) is 6.04. The van der Waals surface area contributed by atoms with Crippen LogP contribution in [0.25, 0.3) is 0 Å². The third-order valence-corrected chi connectivity index (χ3v) is 1.90. The molecule has 0 aromatic carbocycles. The van der Waals surface area contributed by atoms with E-state index < -0.39 is 0 Å². The fraction of sp³-hybridized carbons (Fsp3) is 0.714. The molecule has 1 heteroatoms. The molecular formula is C7H12S. The van der Waals surface area contributed by atoms with Crippen molar-refractivity contribution in [2.45, 2.75) is 30.9 Å². The van der Waals surface area contributed by atoms with Gasteiger partial charge >= 0.3 is 0 Å². The maximum atomic E-state index is 4.43. The lowest BCUT2D eigenvalue weighted by Gasteiger charge is -2.21. The van der Waals surface area contributed by atoms with Gasteiger partial charge in [-0.3, -0.25) is 0 Å². The summed E-state index contributed by atoms with van der Waals surface area (Å²) in [6, 6.07) is 0. The van der Waals surface area contributed by atoms with Crippen molar-refractivity contribution < 1.29 is 0 Å². The van der Waals surface area contributed by atoms with Crippen LogP contribution in [0, 0.1) is 0 Å². The maximum absolute atomic E-state index is 4.43. The topological polar surface area (TPSA) is 0 Å². The van der Waals surface area contributed by atoms with Crippen molar-refractivity contribution in [3.8, 4) is 0 Å². The van der Waals surface area contributed by atoms with Crippen LogP contribution in [0.2, 0.25) is 0 Å². The third kappa shape index (κ3) is 1.55. The average Bonchev–Trinajstić information content (AvgIpc) is 1.65. The zero-order valence-electron chi connectivity index (χ0n) is 5.22. The highest BCUT2D eigenvalue weighted by Crippen LogP contribution is 2.26. The van der Waals surface area contributed by atoms with E-state index in [1.54, 1.807) is 0 Å². The molecule has 0 fully saturated rings. The molecule has 0 bridgehead atoms. The van der Waals surface area contributed by atoms with Crippen molar-refractivity contribution in [2.24, 2.45) is 0 Å². The van der Waals surface area contributed by atoms with Crippen LogP contribution >= 0.6 is 12.6 Å². The molecule has 0 saturated carbocycles. The average molecular weight is 128 g/mol. The molecule has 0 heterocycles. The van der Waals surface area contributed by atoms with Crippen LogP contribution < -0.4 is 0 Å². The molecule has 8 heavy (non-hydrogen) atoms. The van der Waals surface area contributed by atoms with Crippen LogP contribution in [-0.4, -0.2) is 4.75 Å². The van der Waals surface area contributed by atoms with Gasteiger partial charge in [0.25, 0.3) is 0 Å². The van der Waals surface area contributed by atoms with Gasteiger partial charge in [0.05, 0.1) is 0 Å². The Hall–Kier alpha value is 0.0900. The Bertz CT molecular complexity index is 103. The van der Waals surface area contributed by atoms with Gasteiger partial charge in [0.15, 0.2) is 0 Å². The van der Waals surface area contributed by atoms with E-state index in [1.807, 2.05) is 0 Å². The van der Waals surface area contributed by atoms with Crippen LogP contribution in [0.5, 0.6) is 0 Å². The lowest BCUT2D eigenvalue weighted by Crippen LogP contribution is -2.14. The Balaban J connectivity index is 2.56. The monoisotopic (exact) mass is 128 g/mol. The molecule has 46 valence electrons. The predicted molar refractivity (Wildman–Crippen MR) is 40.4 cm³/mol. The Kier molecular flexibility index (Phi) is 1.66. The standard InChI is InChI=1S/C7H12S/c1-7(8)5-3-2-4-6-7/h3,5,8H,2,4,6H2,1H3. The molecule has 1 aliphatic carbocycles. The van der Waals surface area contributed by atoms with E-state index in [2.05, 4.69) is 31.7 Å². The molecule has 1 rings (SSSR count). The molecule has 0 nitrogen and oxygen atoms in total. The lowest BCUT2D eigenvalue weighted by atomic mass is 9.97. The third-order valence-electron chi connectivity index (χ3n) is 1.53. The predicted octanol–water partition coefficient (Wildman–Crippen LogP) is 2.42. The summed E-state index contributed by atoms with van der Waals surface area (Å²) in [4.78, 5) is 0. The van der Waals surface area contributed by atoms with E-state index >= 15 is 0 Å². The molecule has 1 atom stereocenters. The highest BCUT2D eigenvalue weighted by molar-refractivity contribution is 7.82. The summed E-state index contributed by atoms with van der Waals surface area (Å²) >= 11 is 4.43. The van der Waals surface area contributed by atoms with Crippen molar-refractivity contribution in [3.05, 3.63) is 12.2 Å². The smallest absolute Gasteiger partial charge is 0.0280 e. The second kappa shape index (κ2) is 2.14. The van der Waals surface area contributed by atoms with E-state index in [1.165, 1.54) is 19.3 Å². The molecule has 0 radical (unpaired) electrons. The van der Waals surface area contributed by atoms with Crippen molar-refractivity contribution in [1.29, 1.82) is 0 Å². The number of thiol groups is 1. The number of allylic oxidation sites excluding steroid dienone is 1. The van der Waals surface area contributed by atoms with Crippen LogP contribution in [0.4, 0.5) is 0 Å². The van der Waals surface area contributed by atoms with Gasteiger partial charge in [-0.05, 0) is 26.2 Å². The molecule has 1 aliphatic rings. The summed E-state index contributed by atoms with van der Waals surface area (Å²) in [5.41, 5.74) is 0. The Morgan fingerprint density at radius 2 is 2.38 bits per heavy atom. The Morgan fingerprint density at radius 1 is 1.62 bits per heavy atom. The molecule has 1 unspecified atom stereocenters. The summed E-state index contributed by atoms with van der Waals surface area (Å²) < 4.78 is 0.193. The minimum Gasteiger partial charge on any atom is -0.169 e. The molecule has 0 spiro atoms. The van der Waals surface area contributed by atoms with Crippen molar-refractivity contribution in [2.75, 3.05) is 0 Å². The van der Waals surface area contributed by atoms with Crippen molar-refractivity contribution in [3.63, 3.8) is 0 Å². The highest BCUT2D eigenvalue weighted by atomic mass is 32.1. The minimum atomic E-state index is 0.193. The number of hydrogen-bond donors (Lipinski definition) is 1. The van der Waals surface area contributed by atoms with Gasteiger partial charge in [0.1, 0.15) is 0 Å². The fourth-order valence-electron chi connectivity index (χ4n) is 0.998. The van der Waals surface area contributed by atoms with Gasteiger partial charge in [0, 0.05) is 4.75 Å². The second-order valence-corrected chi connectivity index (χ2v) is 3.67. The first kappa shape index (κ1) is 6.21. The van der Waals surface area contributed by atoms with E-state index in [-0.39, 0.29) is 4.75 Å². The van der Waals surface area contributed by atoms with Gasteiger partial charge < -0.3 is 0 Å². The van der Waals surface area contributed by atoms with Crippen molar-refractivity contribution in [1.82, 2.24) is 0 Å².